The van der Waals surface area contributed by atoms with Gasteiger partial charge in [-0.3, -0.25) is 0 Å². The van der Waals surface area contributed by atoms with E-state index in [4.69, 9.17) is 5.73 Å². The van der Waals surface area contributed by atoms with Gasteiger partial charge in [0.2, 0.25) is 0 Å². The topological polar surface area (TPSA) is 32.5 Å². The molecule has 0 atom stereocenters. The Labute approximate surface area is 101 Å². The average molecular weight is 227 g/mol. The van der Waals surface area contributed by atoms with Crippen LogP contribution in [0.4, 0.5) is 0 Å². The third-order valence-electron chi connectivity index (χ3n) is 3.37. The molecule has 0 spiro atoms. The Morgan fingerprint density at radius 3 is 2.38 bits per heavy atom. The second kappa shape index (κ2) is 8.97. The van der Waals surface area contributed by atoms with Gasteiger partial charge in [0, 0.05) is 0 Å². The lowest BCUT2D eigenvalue weighted by atomic mass is 10.3. The summed E-state index contributed by atoms with van der Waals surface area (Å²) in [5, 5.41) is 0. The van der Waals surface area contributed by atoms with Crippen molar-refractivity contribution in [1.29, 1.82) is 0 Å². The van der Waals surface area contributed by atoms with Gasteiger partial charge in [-0.25, -0.2) is 0 Å². The Morgan fingerprint density at radius 1 is 1.06 bits per heavy atom. The lowest BCUT2D eigenvalue weighted by Crippen LogP contribution is -2.31. The molecule has 1 rings (SSSR count). The van der Waals surface area contributed by atoms with Crippen molar-refractivity contribution < 1.29 is 0 Å². The molecule has 1 aliphatic heterocycles. The minimum atomic E-state index is 0.826. The zero-order valence-electron chi connectivity index (χ0n) is 11.0. The summed E-state index contributed by atoms with van der Waals surface area (Å²) in [7, 11) is 0. The van der Waals surface area contributed by atoms with Gasteiger partial charge in [-0.05, 0) is 77.9 Å². The second-order valence-electron chi connectivity index (χ2n) is 4.89. The van der Waals surface area contributed by atoms with Crippen molar-refractivity contribution in [3.8, 4) is 0 Å². The van der Waals surface area contributed by atoms with E-state index in [9.17, 15) is 0 Å². The molecular formula is C13H29N3. The molecular weight excluding hydrogens is 198 g/mol. The fraction of sp³-hybridized carbons (Fsp3) is 1.00. The highest BCUT2D eigenvalue weighted by Crippen LogP contribution is 2.07. The molecule has 0 bridgehead atoms. The summed E-state index contributed by atoms with van der Waals surface area (Å²) in [4.78, 5) is 5.18. The van der Waals surface area contributed by atoms with Crippen LogP contribution in [-0.4, -0.2) is 55.6 Å². The fourth-order valence-electron chi connectivity index (χ4n) is 2.49. The van der Waals surface area contributed by atoms with Crippen molar-refractivity contribution in [3.63, 3.8) is 0 Å². The minimum Gasteiger partial charge on any atom is -0.330 e. The Bertz CT molecular complexity index is 155. The molecule has 16 heavy (non-hydrogen) atoms. The van der Waals surface area contributed by atoms with Gasteiger partial charge in [0.1, 0.15) is 0 Å². The van der Waals surface area contributed by atoms with Gasteiger partial charge in [0.05, 0.1) is 0 Å². The zero-order valence-corrected chi connectivity index (χ0v) is 11.0. The maximum Gasteiger partial charge on any atom is -0.000654 e. The third kappa shape index (κ3) is 5.83. The van der Waals surface area contributed by atoms with Crippen LogP contribution in [0.5, 0.6) is 0 Å². The molecule has 1 fully saturated rings. The van der Waals surface area contributed by atoms with Crippen molar-refractivity contribution in [1.82, 2.24) is 9.80 Å². The molecule has 1 aliphatic rings. The number of rotatable bonds is 9. The number of hydrogen-bond donors (Lipinski definition) is 1. The van der Waals surface area contributed by atoms with Crippen LogP contribution in [0.3, 0.4) is 0 Å². The minimum absolute atomic E-state index is 0.826. The van der Waals surface area contributed by atoms with Crippen LogP contribution in [0.25, 0.3) is 0 Å². The van der Waals surface area contributed by atoms with Gasteiger partial charge in [-0.2, -0.15) is 0 Å². The highest BCUT2D eigenvalue weighted by molar-refractivity contribution is 4.67. The van der Waals surface area contributed by atoms with Gasteiger partial charge in [0.15, 0.2) is 0 Å². The summed E-state index contributed by atoms with van der Waals surface area (Å²) >= 11 is 0. The van der Waals surface area contributed by atoms with E-state index in [1.165, 1.54) is 65.0 Å². The van der Waals surface area contributed by atoms with Crippen LogP contribution in [0.1, 0.15) is 39.0 Å². The Morgan fingerprint density at radius 2 is 1.75 bits per heavy atom. The normalized spacial score (nSPS) is 17.4. The van der Waals surface area contributed by atoms with Crippen molar-refractivity contribution in [3.05, 3.63) is 0 Å². The van der Waals surface area contributed by atoms with Crippen molar-refractivity contribution in [2.75, 3.05) is 45.8 Å². The molecule has 0 radical (unpaired) electrons. The molecule has 0 amide bonds. The van der Waals surface area contributed by atoms with Crippen LogP contribution in [0.15, 0.2) is 0 Å². The van der Waals surface area contributed by atoms with E-state index in [-0.39, 0.29) is 0 Å². The molecule has 96 valence electrons. The molecule has 1 saturated heterocycles. The lowest BCUT2D eigenvalue weighted by molar-refractivity contribution is 0.244. The van der Waals surface area contributed by atoms with Gasteiger partial charge < -0.3 is 15.5 Å². The summed E-state index contributed by atoms with van der Waals surface area (Å²) in [6.07, 6.45) is 6.54. The summed E-state index contributed by atoms with van der Waals surface area (Å²) in [6.45, 7) is 10.7. The summed E-state index contributed by atoms with van der Waals surface area (Å²) in [5.41, 5.74) is 5.57. The molecule has 0 aromatic rings. The summed E-state index contributed by atoms with van der Waals surface area (Å²) in [6, 6.07) is 0. The van der Waals surface area contributed by atoms with E-state index in [1.54, 1.807) is 0 Å². The van der Waals surface area contributed by atoms with Crippen molar-refractivity contribution in [2.24, 2.45) is 5.73 Å². The number of likely N-dealkylation sites (tertiary alicyclic amines) is 1. The van der Waals surface area contributed by atoms with Crippen LogP contribution in [0.2, 0.25) is 0 Å². The van der Waals surface area contributed by atoms with Crippen molar-refractivity contribution in [2.45, 2.75) is 39.0 Å². The van der Waals surface area contributed by atoms with E-state index in [1.807, 2.05) is 0 Å². The molecule has 3 nitrogen and oxygen atoms in total. The predicted molar refractivity (Wildman–Crippen MR) is 70.7 cm³/mol. The number of hydrogen-bond acceptors (Lipinski definition) is 3. The summed E-state index contributed by atoms with van der Waals surface area (Å²) in [5.74, 6) is 0. The first-order chi connectivity index (χ1) is 7.86. The van der Waals surface area contributed by atoms with E-state index >= 15 is 0 Å². The maximum atomic E-state index is 5.57. The number of nitrogens with two attached hydrogens (primary N) is 1. The molecule has 2 N–H and O–H groups in total. The largest absolute Gasteiger partial charge is 0.330 e. The Hall–Kier alpha value is -0.120. The quantitative estimate of drug-likeness (QED) is 0.648. The van der Waals surface area contributed by atoms with Gasteiger partial charge in [-0.1, -0.05) is 6.92 Å². The average Bonchev–Trinajstić information content (AvgIpc) is 2.79. The molecule has 1 heterocycles. The highest BCUT2D eigenvalue weighted by atomic mass is 15.2. The summed E-state index contributed by atoms with van der Waals surface area (Å²) < 4.78 is 0. The van der Waals surface area contributed by atoms with Crippen LogP contribution >= 0.6 is 0 Å². The van der Waals surface area contributed by atoms with E-state index in [0.29, 0.717) is 0 Å². The Balaban J connectivity index is 2.05. The molecule has 0 aromatic heterocycles. The van der Waals surface area contributed by atoms with E-state index in [0.717, 1.165) is 13.0 Å². The SMILES string of the molecule is CCCN(CCCN)CCCN1CCCC1. The smallest absolute Gasteiger partial charge is 0.000654 e. The molecule has 0 aliphatic carbocycles. The predicted octanol–water partition coefficient (Wildman–Crippen LogP) is 1.53. The molecule has 0 unspecified atom stereocenters. The fourth-order valence-corrected chi connectivity index (χ4v) is 2.49. The zero-order chi connectivity index (χ0) is 11.6. The molecule has 0 aromatic carbocycles. The van der Waals surface area contributed by atoms with Crippen LogP contribution in [-0.2, 0) is 0 Å². The van der Waals surface area contributed by atoms with Crippen LogP contribution < -0.4 is 5.73 Å². The lowest BCUT2D eigenvalue weighted by Gasteiger charge is -2.23. The maximum absolute atomic E-state index is 5.57. The first kappa shape index (κ1) is 13.9. The Kier molecular flexibility index (Phi) is 7.81. The van der Waals surface area contributed by atoms with Gasteiger partial charge in [0.25, 0.3) is 0 Å². The first-order valence-corrected chi connectivity index (χ1v) is 7.01. The number of nitrogens with zero attached hydrogens (tertiary/aromatic N) is 2. The third-order valence-corrected chi connectivity index (χ3v) is 3.37. The second-order valence-corrected chi connectivity index (χ2v) is 4.89. The molecule has 0 saturated carbocycles. The van der Waals surface area contributed by atoms with Crippen LogP contribution in [0, 0.1) is 0 Å². The van der Waals surface area contributed by atoms with E-state index in [2.05, 4.69) is 16.7 Å². The van der Waals surface area contributed by atoms with Gasteiger partial charge >= 0.3 is 0 Å². The highest BCUT2D eigenvalue weighted by Gasteiger charge is 2.11. The monoisotopic (exact) mass is 227 g/mol. The van der Waals surface area contributed by atoms with Gasteiger partial charge in [-0.15, -0.1) is 0 Å². The first-order valence-electron chi connectivity index (χ1n) is 7.01. The van der Waals surface area contributed by atoms with Crippen molar-refractivity contribution >= 4 is 0 Å². The molecule has 3 heteroatoms. The standard InChI is InChI=1S/C13H29N3/c1-2-8-15(11-5-7-14)12-6-13-16-9-3-4-10-16/h2-14H2,1H3. The van der Waals surface area contributed by atoms with E-state index < -0.39 is 0 Å².